The molecule has 0 amide bonds. The van der Waals surface area contributed by atoms with E-state index in [0.29, 0.717) is 0 Å². The Bertz CT molecular complexity index is 677. The van der Waals surface area contributed by atoms with Gasteiger partial charge in [-0.25, -0.2) is 0 Å². The van der Waals surface area contributed by atoms with Gasteiger partial charge in [0.15, 0.2) is 0 Å². The lowest BCUT2D eigenvalue weighted by atomic mass is 9.71. The highest BCUT2D eigenvalue weighted by atomic mass is 16.3. The minimum Gasteiger partial charge on any atom is -0.508 e. The highest BCUT2D eigenvalue weighted by Gasteiger charge is 2.31. The van der Waals surface area contributed by atoms with Crippen molar-refractivity contribution in [2.75, 3.05) is 0 Å². The molecular formula is C22H24O3. The van der Waals surface area contributed by atoms with Crippen molar-refractivity contribution in [3.63, 3.8) is 0 Å². The Morgan fingerprint density at radius 1 is 0.480 bits per heavy atom. The van der Waals surface area contributed by atoms with Crippen molar-refractivity contribution >= 4 is 0 Å². The van der Waals surface area contributed by atoms with Crippen LogP contribution in [-0.2, 0) is 5.41 Å². The molecule has 0 unspecified atom stereocenters. The van der Waals surface area contributed by atoms with Gasteiger partial charge in [-0.1, -0.05) is 50.2 Å². The quantitative estimate of drug-likeness (QED) is 0.577. The topological polar surface area (TPSA) is 60.7 Å². The van der Waals surface area contributed by atoms with E-state index in [2.05, 4.69) is 6.92 Å². The maximum absolute atomic E-state index is 9.57. The molecule has 0 heterocycles. The Morgan fingerprint density at radius 2 is 0.680 bits per heavy atom. The van der Waals surface area contributed by atoms with Crippen molar-refractivity contribution in [2.24, 2.45) is 0 Å². The summed E-state index contributed by atoms with van der Waals surface area (Å²) >= 11 is 0. The number of aromatic hydroxyl groups is 3. The first-order chi connectivity index (χ1) is 12.0. The van der Waals surface area contributed by atoms with Gasteiger partial charge < -0.3 is 15.3 Å². The fourth-order valence-electron chi connectivity index (χ4n) is 2.88. The standard InChI is InChI=1S/C20H18O3.C2H6/c1-20(14-2-8-17(21)9-3-14,15-4-10-18(22)11-5-15)16-6-12-19(23)13-7-16;1-2/h2-13,21-23H,1H3;1-2H3. The van der Waals surface area contributed by atoms with E-state index in [0.717, 1.165) is 16.7 Å². The third kappa shape index (κ3) is 3.77. The second-order valence-corrected chi connectivity index (χ2v) is 5.77. The first-order valence-corrected chi connectivity index (χ1v) is 8.38. The molecule has 0 aromatic heterocycles. The zero-order chi connectivity index (χ0) is 18.4. The van der Waals surface area contributed by atoms with Crippen LogP contribution in [0, 0.1) is 0 Å². The Morgan fingerprint density at radius 3 is 0.880 bits per heavy atom. The average molecular weight is 336 g/mol. The van der Waals surface area contributed by atoms with Gasteiger partial charge in [0.2, 0.25) is 0 Å². The Labute approximate surface area is 148 Å². The summed E-state index contributed by atoms with van der Waals surface area (Å²) in [6.45, 7) is 6.08. The van der Waals surface area contributed by atoms with Crippen molar-refractivity contribution in [3.8, 4) is 17.2 Å². The highest BCUT2D eigenvalue weighted by Crippen LogP contribution is 2.40. The Kier molecular flexibility index (Phi) is 5.71. The molecule has 0 saturated carbocycles. The molecule has 0 aliphatic heterocycles. The molecule has 3 nitrogen and oxygen atoms in total. The van der Waals surface area contributed by atoms with Gasteiger partial charge in [-0.2, -0.15) is 0 Å². The van der Waals surface area contributed by atoms with Gasteiger partial charge in [0, 0.05) is 5.41 Å². The minimum absolute atomic E-state index is 0.215. The summed E-state index contributed by atoms with van der Waals surface area (Å²) in [5.74, 6) is 0.646. The molecule has 0 spiro atoms. The first-order valence-electron chi connectivity index (χ1n) is 8.38. The minimum atomic E-state index is -0.477. The monoisotopic (exact) mass is 336 g/mol. The normalized spacial score (nSPS) is 10.7. The summed E-state index contributed by atoms with van der Waals surface area (Å²) in [6.07, 6.45) is 0. The van der Waals surface area contributed by atoms with Crippen LogP contribution < -0.4 is 0 Å². The van der Waals surface area contributed by atoms with E-state index in [-0.39, 0.29) is 17.2 Å². The molecule has 0 atom stereocenters. The molecule has 3 rings (SSSR count). The van der Waals surface area contributed by atoms with Crippen molar-refractivity contribution in [2.45, 2.75) is 26.2 Å². The number of rotatable bonds is 3. The molecule has 0 aliphatic carbocycles. The lowest BCUT2D eigenvalue weighted by Gasteiger charge is -2.32. The molecule has 3 heteroatoms. The number of phenols is 3. The second kappa shape index (κ2) is 7.75. The fourth-order valence-corrected chi connectivity index (χ4v) is 2.88. The fraction of sp³-hybridized carbons (Fsp3) is 0.182. The van der Waals surface area contributed by atoms with Crippen molar-refractivity contribution < 1.29 is 15.3 Å². The maximum atomic E-state index is 9.57. The van der Waals surface area contributed by atoms with Crippen LogP contribution in [0.1, 0.15) is 37.5 Å². The third-order valence-corrected chi connectivity index (χ3v) is 4.33. The van der Waals surface area contributed by atoms with Crippen LogP contribution in [0.15, 0.2) is 72.8 Å². The number of hydrogen-bond acceptors (Lipinski definition) is 3. The number of hydrogen-bond donors (Lipinski definition) is 3. The van der Waals surface area contributed by atoms with E-state index >= 15 is 0 Å². The van der Waals surface area contributed by atoms with Crippen LogP contribution in [0.5, 0.6) is 17.2 Å². The van der Waals surface area contributed by atoms with Crippen LogP contribution in [0.25, 0.3) is 0 Å². The highest BCUT2D eigenvalue weighted by molar-refractivity contribution is 5.51. The molecule has 0 radical (unpaired) electrons. The summed E-state index contributed by atoms with van der Waals surface area (Å²) in [5, 5.41) is 28.7. The Hall–Kier alpha value is -2.94. The molecule has 0 saturated heterocycles. The van der Waals surface area contributed by atoms with Crippen LogP contribution >= 0.6 is 0 Å². The summed E-state index contributed by atoms with van der Waals surface area (Å²) < 4.78 is 0. The number of phenolic OH excluding ortho intramolecular Hbond substituents is 3. The van der Waals surface area contributed by atoms with E-state index in [9.17, 15) is 15.3 Å². The smallest absolute Gasteiger partial charge is 0.115 e. The van der Waals surface area contributed by atoms with Gasteiger partial charge in [0.1, 0.15) is 17.2 Å². The molecular weight excluding hydrogens is 312 g/mol. The maximum Gasteiger partial charge on any atom is 0.115 e. The molecule has 3 aromatic rings. The summed E-state index contributed by atoms with van der Waals surface area (Å²) in [7, 11) is 0. The van der Waals surface area contributed by atoms with E-state index in [1.54, 1.807) is 36.4 Å². The summed E-state index contributed by atoms with van der Waals surface area (Å²) in [6, 6.07) is 21.3. The third-order valence-electron chi connectivity index (χ3n) is 4.33. The van der Waals surface area contributed by atoms with Gasteiger partial charge in [0.05, 0.1) is 0 Å². The van der Waals surface area contributed by atoms with E-state index < -0.39 is 5.41 Å². The molecule has 3 N–H and O–H groups in total. The van der Waals surface area contributed by atoms with Crippen molar-refractivity contribution in [3.05, 3.63) is 89.5 Å². The van der Waals surface area contributed by atoms with E-state index in [1.165, 1.54) is 0 Å². The van der Waals surface area contributed by atoms with Crippen LogP contribution in [0.2, 0.25) is 0 Å². The van der Waals surface area contributed by atoms with Crippen LogP contribution in [0.4, 0.5) is 0 Å². The molecule has 0 fully saturated rings. The predicted octanol–water partition coefficient (Wildman–Crippen LogP) is 5.18. The molecule has 0 aliphatic rings. The SMILES string of the molecule is CC.CC(c1ccc(O)cc1)(c1ccc(O)cc1)c1ccc(O)cc1. The number of benzene rings is 3. The lowest BCUT2D eigenvalue weighted by molar-refractivity contribution is 0.474. The zero-order valence-corrected chi connectivity index (χ0v) is 14.8. The van der Waals surface area contributed by atoms with Gasteiger partial charge in [-0.05, 0) is 60.0 Å². The average Bonchev–Trinajstić information content (AvgIpc) is 2.64. The van der Waals surface area contributed by atoms with Gasteiger partial charge in [-0.15, -0.1) is 0 Å². The van der Waals surface area contributed by atoms with Crippen LogP contribution in [0.3, 0.4) is 0 Å². The van der Waals surface area contributed by atoms with E-state index in [4.69, 9.17) is 0 Å². The summed E-state index contributed by atoms with van der Waals surface area (Å²) in [5.41, 5.74) is 2.54. The van der Waals surface area contributed by atoms with Gasteiger partial charge >= 0.3 is 0 Å². The van der Waals surface area contributed by atoms with Gasteiger partial charge in [-0.3, -0.25) is 0 Å². The largest absolute Gasteiger partial charge is 0.508 e. The molecule has 3 aromatic carbocycles. The second-order valence-electron chi connectivity index (χ2n) is 5.77. The van der Waals surface area contributed by atoms with Gasteiger partial charge in [0.25, 0.3) is 0 Å². The van der Waals surface area contributed by atoms with Crippen molar-refractivity contribution in [1.29, 1.82) is 0 Å². The molecule has 0 bridgehead atoms. The lowest BCUT2D eigenvalue weighted by Crippen LogP contribution is -2.25. The zero-order valence-electron chi connectivity index (χ0n) is 14.8. The molecule has 25 heavy (non-hydrogen) atoms. The van der Waals surface area contributed by atoms with Crippen molar-refractivity contribution in [1.82, 2.24) is 0 Å². The van der Waals surface area contributed by atoms with E-state index in [1.807, 2.05) is 50.2 Å². The predicted molar refractivity (Wildman–Crippen MR) is 101 cm³/mol. The van der Waals surface area contributed by atoms with Crippen LogP contribution in [-0.4, -0.2) is 15.3 Å². The molecule has 130 valence electrons. The Balaban J connectivity index is 0.00000109. The summed E-state index contributed by atoms with van der Waals surface area (Å²) in [4.78, 5) is 0. The first kappa shape index (κ1) is 18.4.